The summed E-state index contributed by atoms with van der Waals surface area (Å²) in [5.41, 5.74) is 0.784. The monoisotopic (exact) mass is 259 g/mol. The van der Waals surface area contributed by atoms with Crippen LogP contribution in [0, 0.1) is 27.9 Å². The third-order valence-corrected chi connectivity index (χ3v) is 4.21. The van der Waals surface area contributed by atoms with Crippen molar-refractivity contribution >= 4 is 11.7 Å². The number of carbonyl (C=O) groups is 1. The van der Waals surface area contributed by atoms with Crippen molar-refractivity contribution in [3.63, 3.8) is 0 Å². The van der Waals surface area contributed by atoms with Gasteiger partial charge in [0.25, 0.3) is 5.69 Å². The van der Waals surface area contributed by atoms with E-state index in [0.29, 0.717) is 0 Å². The summed E-state index contributed by atoms with van der Waals surface area (Å²) in [5.74, 6) is -1.17. The van der Waals surface area contributed by atoms with Crippen molar-refractivity contribution in [3.8, 4) is 0 Å². The fourth-order valence-electron chi connectivity index (χ4n) is 3.46. The second-order valence-corrected chi connectivity index (χ2v) is 5.19. The Balaban J connectivity index is 2.01. The van der Waals surface area contributed by atoms with Crippen LogP contribution in [-0.2, 0) is 4.79 Å². The fraction of sp³-hybridized carbons (Fsp3) is 0.357. The molecule has 1 aromatic rings. The van der Waals surface area contributed by atoms with Gasteiger partial charge < -0.3 is 5.11 Å². The minimum atomic E-state index is -0.812. The first-order valence-corrected chi connectivity index (χ1v) is 6.23. The molecule has 0 aliphatic heterocycles. The van der Waals surface area contributed by atoms with E-state index in [0.717, 1.165) is 12.0 Å². The highest BCUT2D eigenvalue weighted by Gasteiger charge is 2.49. The number of nitro benzene ring substituents is 1. The Bertz CT molecular complexity index is 581. The number of carboxylic acid groups (broad SMARTS) is 1. The van der Waals surface area contributed by atoms with Gasteiger partial charge in [-0.25, -0.2) is 0 Å². The number of carboxylic acids is 1. The zero-order valence-corrected chi connectivity index (χ0v) is 10.1. The zero-order chi connectivity index (χ0) is 13.6. The van der Waals surface area contributed by atoms with Crippen LogP contribution in [0.4, 0.5) is 5.69 Å². The number of rotatable bonds is 3. The maximum atomic E-state index is 11.4. The summed E-state index contributed by atoms with van der Waals surface area (Å²) < 4.78 is 0. The Morgan fingerprint density at radius 1 is 1.32 bits per heavy atom. The van der Waals surface area contributed by atoms with Gasteiger partial charge in [0.05, 0.1) is 10.8 Å². The molecule has 1 aromatic carbocycles. The van der Waals surface area contributed by atoms with Crippen LogP contribution in [0.1, 0.15) is 17.9 Å². The van der Waals surface area contributed by atoms with Crippen LogP contribution in [0.3, 0.4) is 0 Å². The smallest absolute Gasteiger partial charge is 0.307 e. The molecule has 1 N–H and O–H groups in total. The highest BCUT2D eigenvalue weighted by Crippen LogP contribution is 2.53. The Morgan fingerprint density at radius 3 is 2.74 bits per heavy atom. The summed E-state index contributed by atoms with van der Waals surface area (Å²) in [6.45, 7) is 0. The molecular formula is C14H13NO4. The Morgan fingerprint density at radius 2 is 2.05 bits per heavy atom. The first kappa shape index (κ1) is 11.9. The van der Waals surface area contributed by atoms with Crippen molar-refractivity contribution in [1.82, 2.24) is 0 Å². The maximum absolute atomic E-state index is 11.4. The molecule has 98 valence electrons. The number of aliphatic carboxylic acids is 1. The number of hydrogen-bond donors (Lipinski definition) is 1. The topological polar surface area (TPSA) is 80.4 Å². The normalized spacial score (nSPS) is 31.6. The average Bonchev–Trinajstić information content (AvgIpc) is 2.98. The Hall–Kier alpha value is -2.17. The van der Waals surface area contributed by atoms with Gasteiger partial charge in [-0.1, -0.05) is 24.3 Å². The summed E-state index contributed by atoms with van der Waals surface area (Å²) in [7, 11) is 0. The summed E-state index contributed by atoms with van der Waals surface area (Å²) in [6, 6.07) is 6.36. The molecule has 0 heterocycles. The lowest BCUT2D eigenvalue weighted by atomic mass is 9.78. The largest absolute Gasteiger partial charge is 0.481 e. The molecular weight excluding hydrogens is 246 g/mol. The molecule has 4 unspecified atom stereocenters. The number of fused-ring (bicyclic) bond motifs is 2. The molecule has 0 aromatic heterocycles. The number of non-ortho nitro benzene ring substituents is 1. The number of hydrogen-bond acceptors (Lipinski definition) is 3. The lowest BCUT2D eigenvalue weighted by Crippen LogP contribution is -2.25. The van der Waals surface area contributed by atoms with Crippen molar-refractivity contribution in [3.05, 3.63) is 52.1 Å². The molecule has 0 radical (unpaired) electrons. The minimum absolute atomic E-state index is 0.0217. The predicted molar refractivity (Wildman–Crippen MR) is 67.7 cm³/mol. The standard InChI is InChI=1S/C14H13NO4/c16-14(17)13-10-5-4-9(6-10)12(13)8-2-1-3-11(7-8)15(18)19/h1-5,7,9-10,12-13H,6H2,(H,16,17). The summed E-state index contributed by atoms with van der Waals surface area (Å²) in [6.07, 6.45) is 4.86. The molecule has 1 fully saturated rings. The van der Waals surface area contributed by atoms with Crippen LogP contribution >= 0.6 is 0 Å². The van der Waals surface area contributed by atoms with Gasteiger partial charge in [-0.15, -0.1) is 0 Å². The van der Waals surface area contributed by atoms with Crippen LogP contribution in [0.25, 0.3) is 0 Å². The van der Waals surface area contributed by atoms with Crippen molar-refractivity contribution in [2.45, 2.75) is 12.3 Å². The molecule has 5 nitrogen and oxygen atoms in total. The molecule has 5 heteroatoms. The van der Waals surface area contributed by atoms with E-state index in [4.69, 9.17) is 0 Å². The highest BCUT2D eigenvalue weighted by atomic mass is 16.6. The SMILES string of the molecule is O=C(O)C1C2C=CC(C2)C1c1cccc([N+](=O)[O-])c1. The van der Waals surface area contributed by atoms with Gasteiger partial charge in [0.15, 0.2) is 0 Å². The molecule has 0 saturated heterocycles. The van der Waals surface area contributed by atoms with E-state index in [1.165, 1.54) is 12.1 Å². The number of allylic oxidation sites excluding steroid dienone is 2. The van der Waals surface area contributed by atoms with Gasteiger partial charge in [0.2, 0.25) is 0 Å². The molecule has 19 heavy (non-hydrogen) atoms. The second-order valence-electron chi connectivity index (χ2n) is 5.19. The molecule has 2 bridgehead atoms. The summed E-state index contributed by atoms with van der Waals surface area (Å²) in [4.78, 5) is 21.8. The van der Waals surface area contributed by atoms with Gasteiger partial charge in [-0.2, -0.15) is 0 Å². The average molecular weight is 259 g/mol. The predicted octanol–water partition coefficient (Wildman–Crippen LogP) is 2.59. The van der Waals surface area contributed by atoms with Gasteiger partial charge >= 0.3 is 5.97 Å². The van der Waals surface area contributed by atoms with Crippen LogP contribution < -0.4 is 0 Å². The van der Waals surface area contributed by atoms with E-state index in [-0.39, 0.29) is 23.4 Å². The molecule has 3 rings (SSSR count). The molecule has 0 amide bonds. The lowest BCUT2D eigenvalue weighted by molar-refractivity contribution is -0.384. The van der Waals surface area contributed by atoms with E-state index in [1.54, 1.807) is 12.1 Å². The van der Waals surface area contributed by atoms with Crippen LogP contribution in [0.15, 0.2) is 36.4 Å². The first-order chi connectivity index (χ1) is 9.08. The highest BCUT2D eigenvalue weighted by molar-refractivity contribution is 5.73. The lowest BCUT2D eigenvalue weighted by Gasteiger charge is -2.25. The molecule has 1 saturated carbocycles. The summed E-state index contributed by atoms with van der Waals surface area (Å²) >= 11 is 0. The molecule has 2 aliphatic rings. The van der Waals surface area contributed by atoms with Crippen molar-refractivity contribution in [1.29, 1.82) is 0 Å². The van der Waals surface area contributed by atoms with Crippen LogP contribution in [0.5, 0.6) is 0 Å². The quantitative estimate of drug-likeness (QED) is 0.514. The molecule has 2 aliphatic carbocycles. The molecule has 0 spiro atoms. The van der Waals surface area contributed by atoms with Crippen molar-refractivity contribution in [2.75, 3.05) is 0 Å². The van der Waals surface area contributed by atoms with E-state index < -0.39 is 16.8 Å². The van der Waals surface area contributed by atoms with Gasteiger partial charge in [-0.3, -0.25) is 14.9 Å². The van der Waals surface area contributed by atoms with Crippen LogP contribution in [0.2, 0.25) is 0 Å². The van der Waals surface area contributed by atoms with E-state index >= 15 is 0 Å². The third-order valence-electron chi connectivity index (χ3n) is 4.21. The summed E-state index contributed by atoms with van der Waals surface area (Å²) in [5, 5.41) is 20.2. The number of nitro groups is 1. The Labute approximate surface area is 109 Å². The third kappa shape index (κ3) is 1.82. The van der Waals surface area contributed by atoms with E-state index in [9.17, 15) is 20.0 Å². The Kier molecular flexibility index (Phi) is 2.62. The van der Waals surface area contributed by atoms with Gasteiger partial charge in [0.1, 0.15) is 0 Å². The van der Waals surface area contributed by atoms with Gasteiger partial charge in [0, 0.05) is 18.1 Å². The number of nitrogens with zero attached hydrogens (tertiary/aromatic N) is 1. The zero-order valence-electron chi connectivity index (χ0n) is 10.1. The molecule has 4 atom stereocenters. The maximum Gasteiger partial charge on any atom is 0.307 e. The van der Waals surface area contributed by atoms with Crippen molar-refractivity contribution in [2.24, 2.45) is 17.8 Å². The second kappa shape index (κ2) is 4.19. The minimum Gasteiger partial charge on any atom is -0.481 e. The van der Waals surface area contributed by atoms with Crippen LogP contribution in [-0.4, -0.2) is 16.0 Å². The first-order valence-electron chi connectivity index (χ1n) is 6.23. The fourth-order valence-corrected chi connectivity index (χ4v) is 3.46. The number of benzene rings is 1. The van der Waals surface area contributed by atoms with Crippen molar-refractivity contribution < 1.29 is 14.8 Å². The van der Waals surface area contributed by atoms with Gasteiger partial charge in [-0.05, 0) is 23.8 Å². The van der Waals surface area contributed by atoms with E-state index in [1.807, 2.05) is 12.2 Å². The van der Waals surface area contributed by atoms with E-state index in [2.05, 4.69) is 0 Å².